The summed E-state index contributed by atoms with van der Waals surface area (Å²) in [5.41, 5.74) is 2.08. The maximum atomic E-state index is 8.80. The lowest BCUT2D eigenvalue weighted by Crippen LogP contribution is -2.28. The van der Waals surface area contributed by atoms with Crippen molar-refractivity contribution in [2.45, 2.75) is 32.2 Å². The minimum Gasteiger partial charge on any atom is -0.347 e. The highest BCUT2D eigenvalue weighted by Crippen LogP contribution is 2.14. The van der Waals surface area contributed by atoms with Crippen molar-refractivity contribution < 1.29 is 0 Å². The molecule has 0 amide bonds. The van der Waals surface area contributed by atoms with Gasteiger partial charge < -0.3 is 5.32 Å². The Hall–Kier alpha value is -2.41. The Morgan fingerprint density at radius 3 is 3.25 bits per heavy atom. The van der Waals surface area contributed by atoms with E-state index in [9.17, 15) is 0 Å². The topological polar surface area (TPSA) is 60.5 Å². The Morgan fingerprint density at radius 1 is 1.55 bits per heavy atom. The number of nitrogens with zero attached hydrogens (tertiary/aromatic N) is 3. The molecule has 0 fully saturated rings. The van der Waals surface area contributed by atoms with Crippen LogP contribution in [0, 0.1) is 11.3 Å². The first-order valence-corrected chi connectivity index (χ1v) is 6.73. The summed E-state index contributed by atoms with van der Waals surface area (Å²) in [5.74, 6) is 0.918. The molecule has 0 radical (unpaired) electrons. The predicted octanol–water partition coefficient (Wildman–Crippen LogP) is 3.04. The van der Waals surface area contributed by atoms with Gasteiger partial charge in [-0.3, -0.25) is 4.99 Å². The average Bonchev–Trinajstić information content (AvgIpc) is 2.65. The van der Waals surface area contributed by atoms with Crippen LogP contribution >= 0.6 is 0 Å². The molecule has 1 unspecified atom stereocenters. The molecule has 0 aromatic carbocycles. The summed E-state index contributed by atoms with van der Waals surface area (Å²) in [6, 6.07) is 2.34. The van der Waals surface area contributed by atoms with E-state index in [1.54, 1.807) is 6.34 Å². The van der Waals surface area contributed by atoms with Gasteiger partial charge in [0.1, 0.15) is 12.2 Å². The molecular formula is C16H18N4. The number of aliphatic imine (C=N–C) groups is 2. The lowest BCUT2D eigenvalue weighted by molar-refractivity contribution is 0.823. The van der Waals surface area contributed by atoms with E-state index in [0.29, 0.717) is 6.42 Å². The maximum Gasteiger partial charge on any atom is 0.112 e. The lowest BCUT2D eigenvalue weighted by Gasteiger charge is -2.17. The Morgan fingerprint density at radius 2 is 2.45 bits per heavy atom. The molecule has 4 nitrogen and oxygen atoms in total. The molecular weight excluding hydrogens is 248 g/mol. The van der Waals surface area contributed by atoms with Gasteiger partial charge in [-0.15, -0.1) is 0 Å². The lowest BCUT2D eigenvalue weighted by atomic mass is 10.1. The summed E-state index contributed by atoms with van der Waals surface area (Å²) in [5, 5.41) is 12.2. The molecule has 2 rings (SSSR count). The normalized spacial score (nSPS) is 21.8. The van der Waals surface area contributed by atoms with Crippen LogP contribution in [0.1, 0.15) is 26.2 Å². The van der Waals surface area contributed by atoms with Crippen molar-refractivity contribution >= 4 is 12.2 Å². The predicted molar refractivity (Wildman–Crippen MR) is 82.4 cm³/mol. The summed E-state index contributed by atoms with van der Waals surface area (Å²) in [6.45, 7) is 1.99. The SMILES string of the molecule is CC=CC1CC(NC2=CC(CC#N)=CC=CC2)=NC=N1. The number of nitrogens with one attached hydrogen (secondary N) is 1. The van der Waals surface area contributed by atoms with Crippen molar-refractivity contribution in [3.05, 3.63) is 47.7 Å². The second-order valence-corrected chi connectivity index (χ2v) is 4.64. The van der Waals surface area contributed by atoms with Crippen LogP contribution in [0.2, 0.25) is 0 Å². The van der Waals surface area contributed by atoms with Crippen LogP contribution in [0.5, 0.6) is 0 Å². The smallest absolute Gasteiger partial charge is 0.112 e. The van der Waals surface area contributed by atoms with Gasteiger partial charge in [-0.05, 0) is 18.6 Å². The summed E-state index contributed by atoms with van der Waals surface area (Å²) >= 11 is 0. The van der Waals surface area contributed by atoms with Crippen LogP contribution in [0.4, 0.5) is 0 Å². The minimum atomic E-state index is 0.163. The fourth-order valence-electron chi connectivity index (χ4n) is 2.11. The van der Waals surface area contributed by atoms with Crippen LogP contribution in [0.25, 0.3) is 0 Å². The van der Waals surface area contributed by atoms with Crippen molar-refractivity contribution in [1.29, 1.82) is 5.26 Å². The third kappa shape index (κ3) is 4.06. The summed E-state index contributed by atoms with van der Waals surface area (Å²) < 4.78 is 0. The van der Waals surface area contributed by atoms with Crippen LogP contribution in [-0.4, -0.2) is 18.2 Å². The van der Waals surface area contributed by atoms with Crippen molar-refractivity contribution in [3.63, 3.8) is 0 Å². The molecule has 20 heavy (non-hydrogen) atoms. The zero-order chi connectivity index (χ0) is 14.2. The first kappa shape index (κ1) is 14.0. The maximum absolute atomic E-state index is 8.80. The highest BCUT2D eigenvalue weighted by Gasteiger charge is 2.12. The van der Waals surface area contributed by atoms with E-state index < -0.39 is 0 Å². The average molecular weight is 266 g/mol. The van der Waals surface area contributed by atoms with E-state index in [2.05, 4.69) is 33.5 Å². The molecule has 0 saturated heterocycles. The fraction of sp³-hybridized carbons (Fsp3) is 0.312. The van der Waals surface area contributed by atoms with Crippen molar-refractivity contribution in [1.82, 2.24) is 5.32 Å². The quantitative estimate of drug-likeness (QED) is 0.798. The Kier molecular flexibility index (Phi) is 5.08. The monoisotopic (exact) mass is 266 g/mol. The van der Waals surface area contributed by atoms with Gasteiger partial charge in [-0.25, -0.2) is 4.99 Å². The third-order valence-electron chi connectivity index (χ3n) is 3.02. The van der Waals surface area contributed by atoms with E-state index in [4.69, 9.17) is 5.26 Å². The minimum absolute atomic E-state index is 0.163. The van der Waals surface area contributed by atoms with Crippen molar-refractivity contribution in [3.8, 4) is 6.07 Å². The molecule has 0 aromatic heterocycles. The largest absolute Gasteiger partial charge is 0.347 e. The number of hydrogen-bond acceptors (Lipinski definition) is 4. The first-order chi connectivity index (χ1) is 9.81. The van der Waals surface area contributed by atoms with E-state index in [1.165, 1.54) is 0 Å². The fourth-order valence-corrected chi connectivity index (χ4v) is 2.11. The molecule has 0 aromatic rings. The summed E-state index contributed by atoms with van der Waals surface area (Å²) in [4.78, 5) is 8.59. The van der Waals surface area contributed by atoms with Crippen molar-refractivity contribution in [2.75, 3.05) is 0 Å². The van der Waals surface area contributed by atoms with Gasteiger partial charge in [-0.2, -0.15) is 5.26 Å². The molecule has 102 valence electrons. The highest BCUT2D eigenvalue weighted by molar-refractivity contribution is 5.92. The number of nitriles is 1. The number of hydrogen-bond donors (Lipinski definition) is 1. The van der Waals surface area contributed by atoms with Gasteiger partial charge in [0.2, 0.25) is 0 Å². The summed E-state index contributed by atoms with van der Waals surface area (Å²) in [6.07, 6.45) is 15.8. The second-order valence-electron chi connectivity index (χ2n) is 4.64. The standard InChI is InChI=1S/C16H18N4/c1-2-5-14-11-16(19-12-18-14)20-15-7-4-3-6-13(10-15)8-9-17/h2-6,10,12,14H,7-8,11H2,1H3,(H,18,19,20). The molecule has 1 heterocycles. The van der Waals surface area contributed by atoms with Crippen molar-refractivity contribution in [2.24, 2.45) is 9.98 Å². The first-order valence-electron chi connectivity index (χ1n) is 6.73. The second kappa shape index (κ2) is 7.25. The van der Waals surface area contributed by atoms with E-state index in [0.717, 1.165) is 29.9 Å². The molecule has 0 spiro atoms. The number of amidine groups is 1. The Bertz CT molecular complexity index is 568. The zero-order valence-corrected chi connectivity index (χ0v) is 11.6. The number of rotatable bonds is 3. The van der Waals surface area contributed by atoms with Crippen LogP contribution in [-0.2, 0) is 0 Å². The molecule has 1 N–H and O–H groups in total. The Balaban J connectivity index is 2.05. The van der Waals surface area contributed by atoms with Gasteiger partial charge in [0.15, 0.2) is 0 Å². The molecule has 1 aliphatic carbocycles. The molecule has 1 atom stereocenters. The van der Waals surface area contributed by atoms with Gasteiger partial charge >= 0.3 is 0 Å². The molecule has 0 bridgehead atoms. The van der Waals surface area contributed by atoms with Crippen LogP contribution < -0.4 is 5.32 Å². The number of allylic oxidation sites excluding steroid dienone is 6. The molecule has 4 heteroatoms. The summed E-state index contributed by atoms with van der Waals surface area (Å²) in [7, 11) is 0. The van der Waals surface area contributed by atoms with Crippen LogP contribution in [0.15, 0.2) is 57.7 Å². The molecule has 0 saturated carbocycles. The van der Waals surface area contributed by atoms with E-state index >= 15 is 0 Å². The van der Waals surface area contributed by atoms with Crippen LogP contribution in [0.3, 0.4) is 0 Å². The highest BCUT2D eigenvalue weighted by atomic mass is 15.1. The van der Waals surface area contributed by atoms with Gasteiger partial charge in [0.05, 0.1) is 18.5 Å². The van der Waals surface area contributed by atoms with E-state index in [1.807, 2.05) is 31.2 Å². The third-order valence-corrected chi connectivity index (χ3v) is 3.02. The van der Waals surface area contributed by atoms with Gasteiger partial charge in [0.25, 0.3) is 0 Å². The van der Waals surface area contributed by atoms with E-state index in [-0.39, 0.29) is 6.04 Å². The molecule has 1 aliphatic heterocycles. The Labute approximate surface area is 119 Å². The molecule has 2 aliphatic rings. The zero-order valence-electron chi connectivity index (χ0n) is 11.6. The van der Waals surface area contributed by atoms with Gasteiger partial charge in [0, 0.05) is 18.5 Å². The van der Waals surface area contributed by atoms with Gasteiger partial charge in [-0.1, -0.05) is 30.4 Å².